The largest absolute Gasteiger partial charge is 0.870 e. The predicted octanol–water partition coefficient (Wildman–Crippen LogP) is 4.99. The first kappa shape index (κ1) is 23.9. The molecule has 22 heavy (non-hydrogen) atoms. The summed E-state index contributed by atoms with van der Waals surface area (Å²) in [5.41, 5.74) is 0. The summed E-state index contributed by atoms with van der Waals surface area (Å²) in [6, 6.07) is 0. The maximum atomic E-state index is 2.42. The van der Waals surface area contributed by atoms with Crippen molar-refractivity contribution in [3.8, 4) is 0 Å². The fraction of sp³-hybridized carbons (Fsp3) is 0.900. The van der Waals surface area contributed by atoms with Crippen LogP contribution < -0.4 is 4.90 Å². The van der Waals surface area contributed by atoms with Gasteiger partial charge in [0.2, 0.25) is 0 Å². The molecule has 0 radical (unpaired) electrons. The Bertz CT molecular complexity index is 214. The van der Waals surface area contributed by atoms with Crippen LogP contribution in [0.5, 0.6) is 0 Å². The minimum Gasteiger partial charge on any atom is -0.870 e. The molecule has 0 fully saturated rings. The van der Waals surface area contributed by atoms with Crippen molar-refractivity contribution in [2.24, 2.45) is 0 Å². The van der Waals surface area contributed by atoms with Crippen LogP contribution in [0, 0.1) is 0 Å². The second-order valence-corrected chi connectivity index (χ2v) is 6.89. The van der Waals surface area contributed by atoms with Crippen molar-refractivity contribution in [2.45, 2.75) is 96.8 Å². The second kappa shape index (κ2) is 20.7. The van der Waals surface area contributed by atoms with Crippen molar-refractivity contribution in [3.63, 3.8) is 0 Å². The standard InChI is InChI=1S/C20H41N.H2O/c1-4-5-6-7-8-9-10-11-12-13-14-15-16-17-18-19-20-21(2)3;/h11-12H,4-10,13-20H2,1-3H3;1H2/b12-11+;. The highest BCUT2D eigenvalue weighted by Crippen LogP contribution is 2.09. The fourth-order valence-electron chi connectivity index (χ4n) is 2.73. The lowest BCUT2D eigenvalue weighted by atomic mass is 10.1. The molecule has 0 spiro atoms. The Morgan fingerprint density at radius 1 is 0.591 bits per heavy atom. The molecule has 0 aliphatic carbocycles. The van der Waals surface area contributed by atoms with Crippen molar-refractivity contribution >= 4 is 0 Å². The molecule has 0 atom stereocenters. The Labute approximate surface area is 140 Å². The van der Waals surface area contributed by atoms with E-state index in [0.29, 0.717) is 0 Å². The Hall–Kier alpha value is -0.340. The molecule has 0 saturated carbocycles. The number of rotatable bonds is 16. The molecule has 2 nitrogen and oxygen atoms in total. The molecule has 2 heteroatoms. The number of hydrogen-bond donors (Lipinski definition) is 1. The summed E-state index contributed by atoms with van der Waals surface area (Å²) < 4.78 is 0. The monoisotopic (exact) mass is 313 g/mol. The molecule has 0 aliphatic heterocycles. The molecule has 0 heterocycles. The van der Waals surface area contributed by atoms with Crippen LogP contribution in [0.1, 0.15) is 96.8 Å². The molecule has 134 valence electrons. The quantitative estimate of drug-likeness (QED) is 0.316. The van der Waals surface area contributed by atoms with E-state index < -0.39 is 0 Å². The third-order valence-electron chi connectivity index (χ3n) is 4.19. The highest BCUT2D eigenvalue weighted by atomic mass is 16.0. The van der Waals surface area contributed by atoms with E-state index in [1.165, 1.54) is 96.4 Å². The van der Waals surface area contributed by atoms with Gasteiger partial charge in [0.25, 0.3) is 0 Å². The molecule has 0 saturated heterocycles. The van der Waals surface area contributed by atoms with E-state index in [-0.39, 0.29) is 5.48 Å². The average molecular weight is 314 g/mol. The summed E-state index contributed by atoms with van der Waals surface area (Å²) in [7, 11) is 4.50. The lowest BCUT2D eigenvalue weighted by molar-refractivity contribution is -0.858. The molecule has 0 aliphatic rings. The highest BCUT2D eigenvalue weighted by molar-refractivity contribution is 4.81. The van der Waals surface area contributed by atoms with Gasteiger partial charge in [0.1, 0.15) is 0 Å². The minimum atomic E-state index is 0. The maximum Gasteiger partial charge on any atom is 0.0766 e. The first-order valence-corrected chi connectivity index (χ1v) is 9.71. The van der Waals surface area contributed by atoms with Gasteiger partial charge in [-0.25, -0.2) is 0 Å². The minimum absolute atomic E-state index is 0. The zero-order valence-electron chi connectivity index (χ0n) is 15.7. The molecular formula is C20H43NO. The van der Waals surface area contributed by atoms with E-state index in [1.807, 2.05) is 0 Å². The Kier molecular flexibility index (Phi) is 22.5. The number of hydrogen-bond acceptors (Lipinski definition) is 1. The van der Waals surface area contributed by atoms with E-state index >= 15 is 0 Å². The van der Waals surface area contributed by atoms with Crippen LogP contribution in [-0.4, -0.2) is 26.1 Å². The maximum absolute atomic E-state index is 2.42. The van der Waals surface area contributed by atoms with Crippen LogP contribution >= 0.6 is 0 Å². The van der Waals surface area contributed by atoms with E-state index in [9.17, 15) is 0 Å². The third kappa shape index (κ3) is 21.9. The van der Waals surface area contributed by atoms with Gasteiger partial charge in [-0.05, 0) is 38.5 Å². The van der Waals surface area contributed by atoms with Crippen molar-refractivity contribution in [3.05, 3.63) is 12.2 Å². The van der Waals surface area contributed by atoms with Crippen LogP contribution in [0.25, 0.3) is 0 Å². The number of unbranched alkanes of at least 4 members (excludes halogenated alkanes) is 12. The number of nitrogens with one attached hydrogen (secondary N) is 1. The van der Waals surface area contributed by atoms with E-state index in [1.54, 1.807) is 4.90 Å². The van der Waals surface area contributed by atoms with Gasteiger partial charge < -0.3 is 10.4 Å². The SMILES string of the molecule is CCCCCCCC/C=C/CCCCCCCC[NH+](C)C.[OH-]. The molecule has 0 rings (SSSR count). The summed E-state index contributed by atoms with van der Waals surface area (Å²) in [4.78, 5) is 1.59. The van der Waals surface area contributed by atoms with Gasteiger partial charge in [0.15, 0.2) is 0 Å². The van der Waals surface area contributed by atoms with Crippen LogP contribution in [0.15, 0.2) is 12.2 Å². The predicted molar refractivity (Wildman–Crippen MR) is 99.1 cm³/mol. The summed E-state index contributed by atoms with van der Waals surface area (Å²) in [5.74, 6) is 0. The molecule has 0 unspecified atom stereocenters. The van der Waals surface area contributed by atoms with Gasteiger partial charge >= 0.3 is 0 Å². The second-order valence-electron chi connectivity index (χ2n) is 6.89. The van der Waals surface area contributed by atoms with Crippen LogP contribution in [0.3, 0.4) is 0 Å². The first-order chi connectivity index (χ1) is 10.3. The Morgan fingerprint density at radius 2 is 1.00 bits per heavy atom. The molecule has 0 amide bonds. The summed E-state index contributed by atoms with van der Waals surface area (Å²) in [6.45, 7) is 3.62. The molecule has 0 bridgehead atoms. The fourth-order valence-corrected chi connectivity index (χ4v) is 2.73. The van der Waals surface area contributed by atoms with Crippen LogP contribution in [0.4, 0.5) is 0 Å². The molecule has 0 aromatic rings. The van der Waals surface area contributed by atoms with E-state index in [2.05, 4.69) is 33.2 Å². The topological polar surface area (TPSA) is 34.4 Å². The third-order valence-corrected chi connectivity index (χ3v) is 4.19. The molecule has 0 aromatic heterocycles. The normalized spacial score (nSPS) is 11.3. The van der Waals surface area contributed by atoms with Gasteiger partial charge in [-0.15, -0.1) is 0 Å². The number of allylic oxidation sites excluding steroid dienone is 2. The summed E-state index contributed by atoms with van der Waals surface area (Å²) in [5, 5.41) is 0. The first-order valence-electron chi connectivity index (χ1n) is 9.71. The van der Waals surface area contributed by atoms with Gasteiger partial charge in [-0.1, -0.05) is 70.4 Å². The highest BCUT2D eigenvalue weighted by Gasteiger charge is 1.94. The number of quaternary nitrogens is 1. The summed E-state index contributed by atoms with van der Waals surface area (Å²) >= 11 is 0. The Balaban J connectivity index is 0. The zero-order valence-corrected chi connectivity index (χ0v) is 15.7. The lowest BCUT2D eigenvalue weighted by Crippen LogP contribution is -3.05. The van der Waals surface area contributed by atoms with Crippen molar-refractivity contribution < 1.29 is 10.4 Å². The molecule has 2 N–H and O–H groups in total. The van der Waals surface area contributed by atoms with Crippen molar-refractivity contribution in [1.82, 2.24) is 0 Å². The van der Waals surface area contributed by atoms with Gasteiger partial charge in [-0.3, -0.25) is 0 Å². The van der Waals surface area contributed by atoms with Gasteiger partial charge in [0.05, 0.1) is 20.6 Å². The zero-order chi connectivity index (χ0) is 15.6. The van der Waals surface area contributed by atoms with Crippen molar-refractivity contribution in [2.75, 3.05) is 20.6 Å². The van der Waals surface area contributed by atoms with E-state index in [4.69, 9.17) is 0 Å². The van der Waals surface area contributed by atoms with Crippen LogP contribution in [0.2, 0.25) is 0 Å². The van der Waals surface area contributed by atoms with Crippen molar-refractivity contribution in [1.29, 1.82) is 0 Å². The van der Waals surface area contributed by atoms with E-state index in [0.717, 1.165) is 0 Å². The smallest absolute Gasteiger partial charge is 0.0766 e. The average Bonchev–Trinajstić information content (AvgIpc) is 2.46. The molecular weight excluding hydrogens is 270 g/mol. The lowest BCUT2D eigenvalue weighted by Gasteiger charge is -2.06. The van der Waals surface area contributed by atoms with Gasteiger partial charge in [-0.2, -0.15) is 0 Å². The Morgan fingerprint density at radius 3 is 1.45 bits per heavy atom. The van der Waals surface area contributed by atoms with Gasteiger partial charge in [0, 0.05) is 0 Å². The summed E-state index contributed by atoms with van der Waals surface area (Å²) in [6.07, 6.45) is 24.5. The van der Waals surface area contributed by atoms with Crippen LogP contribution in [-0.2, 0) is 0 Å². The molecule has 0 aromatic carbocycles.